The van der Waals surface area contributed by atoms with Crippen LogP contribution in [-0.2, 0) is 15.2 Å². The molecule has 3 aliphatic rings. The van der Waals surface area contributed by atoms with E-state index >= 15 is 0 Å². The molecule has 3 aromatic rings. The van der Waals surface area contributed by atoms with Crippen LogP contribution in [0, 0.1) is 5.92 Å². The van der Waals surface area contributed by atoms with E-state index in [0.29, 0.717) is 18.8 Å². The molecule has 0 bridgehead atoms. The minimum absolute atomic E-state index is 0.0522. The highest BCUT2D eigenvalue weighted by molar-refractivity contribution is 6.14. The van der Waals surface area contributed by atoms with Crippen molar-refractivity contribution in [3.05, 3.63) is 83.0 Å². The maximum Gasteiger partial charge on any atom is 0.271 e. The van der Waals surface area contributed by atoms with Crippen LogP contribution in [0.1, 0.15) is 53.7 Å². The lowest BCUT2D eigenvalue weighted by Gasteiger charge is -2.49. The molecule has 1 saturated carbocycles. The molecule has 6 rings (SSSR count). The highest BCUT2D eigenvalue weighted by atomic mass is 16.3. The lowest BCUT2D eigenvalue weighted by atomic mass is 9.82. The normalized spacial score (nSPS) is 19.3. The van der Waals surface area contributed by atoms with E-state index in [2.05, 4.69) is 32.8 Å². The minimum atomic E-state index is -1.89. The number of carbonyl (C=O) groups is 3. The van der Waals surface area contributed by atoms with E-state index in [0.717, 1.165) is 35.3 Å². The average Bonchev–Trinajstić information content (AvgIpc) is 3.84. The van der Waals surface area contributed by atoms with Gasteiger partial charge in [-0.05, 0) is 38.0 Å². The number of nitrogens with zero attached hydrogens (tertiary/aromatic N) is 6. The van der Waals surface area contributed by atoms with Gasteiger partial charge >= 0.3 is 0 Å². The first-order valence-electron chi connectivity index (χ1n) is 16.4. The van der Waals surface area contributed by atoms with Gasteiger partial charge in [-0.3, -0.25) is 24.0 Å². The molecular weight excluding hydrogens is 637 g/mol. The first-order chi connectivity index (χ1) is 23.7. The van der Waals surface area contributed by atoms with Crippen molar-refractivity contribution in [2.45, 2.75) is 37.5 Å². The van der Waals surface area contributed by atoms with Crippen LogP contribution in [0.5, 0.6) is 0 Å². The number of allylic oxidation sites excluding steroid dienone is 1. The molecule has 50 heavy (non-hydrogen) atoms. The van der Waals surface area contributed by atoms with Gasteiger partial charge < -0.3 is 42.3 Å². The number of fused-ring (bicyclic) bond motifs is 3. The Morgan fingerprint density at radius 2 is 1.80 bits per heavy atom. The van der Waals surface area contributed by atoms with Gasteiger partial charge in [0, 0.05) is 64.4 Å². The SMILES string of the molecule is [B]C(O)(c1cccc(C(=O)N(C)C)n1)N1CC(n2ncc3c2C(C)N(C)c2c(NC(/C=C(\N)NC(=O)C4CC4)=C(/N)C(=O)NC)cccc2-3)C1. The number of hydrogen-bond donors (Lipinski definition) is 6. The van der Waals surface area contributed by atoms with E-state index < -0.39 is 11.5 Å². The number of likely N-dealkylation sites (N-methyl/N-ethyl adjacent to an activating group) is 1. The topological polar surface area (TPSA) is 200 Å². The number of hydrogen-bond acceptors (Lipinski definition) is 11. The van der Waals surface area contributed by atoms with Crippen LogP contribution in [0.3, 0.4) is 0 Å². The first kappa shape index (κ1) is 34.5. The average molecular weight is 680 g/mol. The van der Waals surface area contributed by atoms with Crippen LogP contribution in [-0.4, -0.2) is 96.5 Å². The Bertz CT molecular complexity index is 1910. The van der Waals surface area contributed by atoms with E-state index in [9.17, 15) is 19.5 Å². The number of amides is 3. The Kier molecular flexibility index (Phi) is 9.09. The summed E-state index contributed by atoms with van der Waals surface area (Å²) in [6, 6.07) is 10.4. The van der Waals surface area contributed by atoms with E-state index in [-0.39, 0.29) is 58.4 Å². The Labute approximate surface area is 291 Å². The summed E-state index contributed by atoms with van der Waals surface area (Å²) in [6.07, 6.45) is 4.92. The van der Waals surface area contributed by atoms with Crippen LogP contribution < -0.4 is 32.3 Å². The molecule has 16 heteroatoms. The zero-order chi connectivity index (χ0) is 36.1. The highest BCUT2D eigenvalue weighted by Gasteiger charge is 2.44. The molecule has 1 saturated heterocycles. The number of benzene rings is 1. The summed E-state index contributed by atoms with van der Waals surface area (Å²) < 4.78 is 1.98. The molecule has 8 N–H and O–H groups in total. The third-order valence-electron chi connectivity index (χ3n) is 9.48. The number of para-hydroxylation sites is 1. The third kappa shape index (κ3) is 6.27. The molecule has 2 atom stereocenters. The molecule has 2 fully saturated rings. The maximum atomic E-state index is 12.6. The zero-order valence-corrected chi connectivity index (χ0v) is 28.8. The van der Waals surface area contributed by atoms with Crippen molar-refractivity contribution < 1.29 is 19.5 Å². The molecule has 15 nitrogen and oxygen atoms in total. The zero-order valence-electron chi connectivity index (χ0n) is 28.8. The van der Waals surface area contributed by atoms with E-state index in [1.54, 1.807) is 37.2 Å². The van der Waals surface area contributed by atoms with Crippen LogP contribution in [0.25, 0.3) is 11.1 Å². The molecule has 2 aromatic heterocycles. The third-order valence-corrected chi connectivity index (χ3v) is 9.48. The predicted molar refractivity (Wildman–Crippen MR) is 189 cm³/mol. The molecule has 0 spiro atoms. The first-order valence-corrected chi connectivity index (χ1v) is 16.4. The fourth-order valence-electron chi connectivity index (χ4n) is 6.31. The second-order valence-corrected chi connectivity index (χ2v) is 13.2. The second kappa shape index (κ2) is 13.2. The van der Waals surface area contributed by atoms with Gasteiger partial charge in [-0.2, -0.15) is 5.10 Å². The molecule has 2 unspecified atom stereocenters. The maximum absolute atomic E-state index is 12.6. The van der Waals surface area contributed by atoms with Crippen molar-refractivity contribution in [3.8, 4) is 11.1 Å². The Morgan fingerprint density at radius 1 is 1.10 bits per heavy atom. The van der Waals surface area contributed by atoms with Crippen molar-refractivity contribution in [3.63, 3.8) is 0 Å². The molecule has 260 valence electrons. The summed E-state index contributed by atoms with van der Waals surface area (Å²) in [5.74, 6) is -0.951. The number of aliphatic hydroxyl groups is 1. The van der Waals surface area contributed by atoms with Crippen LogP contribution in [0.15, 0.2) is 65.9 Å². The fraction of sp³-hybridized carbons (Fsp3) is 0.382. The quantitative estimate of drug-likeness (QED) is 0.0999. The van der Waals surface area contributed by atoms with Crippen molar-refractivity contribution in [1.82, 2.24) is 35.2 Å². The smallest absolute Gasteiger partial charge is 0.271 e. The standard InChI is InChI=1S/C34H42BN11O4/c1-18-29-22(15-39-46(29)20-16-45(17-20)34(35,50)26-11-7-10-24(41-26)33(49)43(3)4)21-8-6-9-23(30(21)44(18)5)40-25(28(37)32(48)38-2)14-27(36)42-31(47)19-12-13-19/h6-11,14-15,18-20,40,50H,12-13,16-17,36-37H2,1-5H3,(H,38,48)(H,42,47)/b27-14+,28-25+. The summed E-state index contributed by atoms with van der Waals surface area (Å²) in [4.78, 5) is 47.0. The van der Waals surface area contributed by atoms with Gasteiger partial charge in [0.2, 0.25) is 5.91 Å². The van der Waals surface area contributed by atoms with Crippen molar-refractivity contribution >= 4 is 36.9 Å². The van der Waals surface area contributed by atoms with Gasteiger partial charge in [-0.15, -0.1) is 0 Å². The number of anilines is 2. The van der Waals surface area contributed by atoms with Crippen LogP contribution in [0.2, 0.25) is 0 Å². The Hall–Kier alpha value is -5.35. The summed E-state index contributed by atoms with van der Waals surface area (Å²) in [5, 5.41) is 24.7. The van der Waals surface area contributed by atoms with Crippen LogP contribution in [0.4, 0.5) is 11.4 Å². The number of carbonyl (C=O) groups excluding carboxylic acids is 3. The van der Waals surface area contributed by atoms with E-state index in [1.165, 1.54) is 18.0 Å². The molecule has 4 heterocycles. The van der Waals surface area contributed by atoms with Crippen molar-refractivity contribution in [2.75, 3.05) is 51.5 Å². The minimum Gasteiger partial charge on any atom is -0.393 e. The molecule has 2 radical (unpaired) electrons. The Balaban J connectivity index is 1.26. The number of likely N-dealkylation sites (tertiary alicyclic amines) is 1. The van der Waals surface area contributed by atoms with Crippen molar-refractivity contribution in [1.29, 1.82) is 0 Å². The van der Waals surface area contributed by atoms with Gasteiger partial charge in [-0.1, -0.05) is 18.2 Å². The molecule has 3 amide bonds. The molecule has 1 aliphatic carbocycles. The second-order valence-electron chi connectivity index (χ2n) is 13.2. The summed E-state index contributed by atoms with van der Waals surface area (Å²) in [6.45, 7) is 2.87. The summed E-state index contributed by atoms with van der Waals surface area (Å²) >= 11 is 0. The number of rotatable bonds is 10. The Morgan fingerprint density at radius 3 is 2.46 bits per heavy atom. The number of nitrogens with one attached hydrogen (secondary N) is 3. The number of pyridine rings is 1. The van der Waals surface area contributed by atoms with Crippen molar-refractivity contribution in [2.24, 2.45) is 17.4 Å². The van der Waals surface area contributed by atoms with Gasteiger partial charge in [0.15, 0.2) is 0 Å². The van der Waals surface area contributed by atoms with E-state index in [4.69, 9.17) is 24.4 Å². The summed E-state index contributed by atoms with van der Waals surface area (Å²) in [7, 11) is 13.1. The van der Waals surface area contributed by atoms with Crippen LogP contribution >= 0.6 is 0 Å². The number of aromatic nitrogens is 3. The van der Waals surface area contributed by atoms with Gasteiger partial charge in [0.1, 0.15) is 30.7 Å². The molecule has 2 aliphatic heterocycles. The lowest BCUT2D eigenvalue weighted by Crippen LogP contribution is -2.59. The van der Waals surface area contributed by atoms with Gasteiger partial charge in [0.25, 0.3) is 11.8 Å². The van der Waals surface area contributed by atoms with Gasteiger partial charge in [-0.25, -0.2) is 4.98 Å². The monoisotopic (exact) mass is 679 g/mol. The number of nitrogens with two attached hydrogens (primary N) is 2. The fourth-order valence-corrected chi connectivity index (χ4v) is 6.31. The predicted octanol–water partition coefficient (Wildman–Crippen LogP) is 0.640. The van der Waals surface area contributed by atoms with E-state index in [1.807, 2.05) is 36.1 Å². The summed E-state index contributed by atoms with van der Waals surface area (Å²) in [5.41, 5.74) is 15.4. The molecule has 1 aromatic carbocycles. The van der Waals surface area contributed by atoms with Gasteiger partial charge in [0.05, 0.1) is 46.7 Å². The highest BCUT2D eigenvalue weighted by Crippen LogP contribution is 2.49. The lowest BCUT2D eigenvalue weighted by molar-refractivity contribution is -0.121. The molecular formula is C34H42BN11O4. The largest absolute Gasteiger partial charge is 0.393 e.